The van der Waals surface area contributed by atoms with E-state index in [1.165, 1.54) is 0 Å². The van der Waals surface area contributed by atoms with Crippen LogP contribution < -0.4 is 10.9 Å². The Morgan fingerprint density at radius 1 is 1.22 bits per heavy atom. The van der Waals surface area contributed by atoms with Gasteiger partial charge >= 0.3 is 0 Å². The zero-order valence-electron chi connectivity index (χ0n) is 13.0. The Balaban J connectivity index is 1.76. The van der Waals surface area contributed by atoms with Crippen LogP contribution in [-0.2, 0) is 18.3 Å². The first-order valence-electron chi connectivity index (χ1n) is 8.01. The maximum absolute atomic E-state index is 12.5. The van der Waals surface area contributed by atoms with Gasteiger partial charge < -0.3 is 20.2 Å². The predicted molar refractivity (Wildman–Crippen MR) is 85.8 cm³/mol. The van der Waals surface area contributed by atoms with Gasteiger partial charge in [0.05, 0.1) is 16.7 Å². The fourth-order valence-corrected chi connectivity index (χ4v) is 4.55. The molecule has 1 saturated heterocycles. The highest BCUT2D eigenvalue weighted by atomic mass is 16.1. The van der Waals surface area contributed by atoms with Crippen molar-refractivity contribution < 1.29 is 4.79 Å². The number of nitrogens with zero attached hydrogens (tertiary/aromatic N) is 1. The molecule has 0 radical (unpaired) electrons. The van der Waals surface area contributed by atoms with Gasteiger partial charge in [-0.3, -0.25) is 9.59 Å². The summed E-state index contributed by atoms with van der Waals surface area (Å²) in [6, 6.07) is 1.65. The Bertz CT molecular complexity index is 902. The lowest BCUT2D eigenvalue weighted by atomic mass is 9.73. The van der Waals surface area contributed by atoms with Gasteiger partial charge in [0.25, 0.3) is 5.91 Å². The van der Waals surface area contributed by atoms with E-state index in [4.69, 9.17) is 0 Å². The van der Waals surface area contributed by atoms with Crippen molar-refractivity contribution in [1.82, 2.24) is 20.2 Å². The maximum atomic E-state index is 12.5. The second-order valence-corrected chi connectivity index (χ2v) is 7.10. The molecule has 1 aliphatic carbocycles. The van der Waals surface area contributed by atoms with Crippen molar-refractivity contribution in [2.24, 2.45) is 0 Å². The van der Waals surface area contributed by atoms with Gasteiger partial charge in [-0.1, -0.05) is 0 Å². The summed E-state index contributed by atoms with van der Waals surface area (Å²) in [5.74, 6) is 0.0194. The Morgan fingerprint density at radius 3 is 2.83 bits per heavy atom. The Labute approximate surface area is 132 Å². The van der Waals surface area contributed by atoms with Gasteiger partial charge in [0.15, 0.2) is 0 Å². The molecule has 1 spiro atoms. The summed E-state index contributed by atoms with van der Waals surface area (Å²) < 4.78 is 0. The number of nitrogens with one attached hydrogen (secondary N) is 3. The molecule has 2 aromatic heterocycles. The van der Waals surface area contributed by atoms with E-state index in [1.54, 1.807) is 12.3 Å². The molecular weight excluding hydrogens is 292 g/mol. The lowest BCUT2D eigenvalue weighted by Gasteiger charge is -2.50. The number of H-pyrrole nitrogens is 2. The van der Waals surface area contributed by atoms with E-state index < -0.39 is 0 Å². The quantitative estimate of drug-likeness (QED) is 0.659. The molecule has 118 valence electrons. The number of aryl methyl sites for hydroxylation is 1. The van der Waals surface area contributed by atoms with E-state index in [-0.39, 0.29) is 16.9 Å². The van der Waals surface area contributed by atoms with Gasteiger partial charge in [-0.05, 0) is 31.0 Å². The number of rotatable bonds is 0. The largest absolute Gasteiger partial charge is 0.357 e. The number of aromatic nitrogens is 2. The van der Waals surface area contributed by atoms with Crippen molar-refractivity contribution in [3.8, 4) is 11.3 Å². The summed E-state index contributed by atoms with van der Waals surface area (Å²) in [6.07, 6.45) is 3.48. The van der Waals surface area contributed by atoms with Crippen LogP contribution >= 0.6 is 0 Å². The van der Waals surface area contributed by atoms with Crippen LogP contribution in [0.25, 0.3) is 11.3 Å². The average Bonchev–Trinajstić information content (AvgIpc) is 2.90. The molecule has 23 heavy (non-hydrogen) atoms. The summed E-state index contributed by atoms with van der Waals surface area (Å²) in [4.78, 5) is 32.8. The molecule has 3 N–H and O–H groups in total. The Kier molecular flexibility index (Phi) is 2.36. The smallest absolute Gasteiger partial charge is 0.253 e. The van der Waals surface area contributed by atoms with Crippen molar-refractivity contribution in [2.75, 3.05) is 26.7 Å². The second kappa shape index (κ2) is 4.14. The SMILES string of the molecule is CN1CC2(CNC(=O)c3c2[nH]c2c3CCc3c[nH]c(=O)cc3-2)C1. The molecule has 0 unspecified atom stereocenters. The summed E-state index contributed by atoms with van der Waals surface area (Å²) in [7, 11) is 2.10. The maximum Gasteiger partial charge on any atom is 0.253 e. The van der Waals surface area contributed by atoms with Crippen LogP contribution in [0.15, 0.2) is 17.1 Å². The average molecular weight is 310 g/mol. The minimum absolute atomic E-state index is 0.00328. The van der Waals surface area contributed by atoms with Gasteiger partial charge in [0.1, 0.15) is 0 Å². The molecule has 0 aromatic carbocycles. The van der Waals surface area contributed by atoms with E-state index in [1.807, 2.05) is 0 Å². The lowest BCUT2D eigenvalue weighted by molar-refractivity contribution is 0.0688. The Hall–Kier alpha value is -2.34. The number of carbonyl (C=O) groups is 1. The molecule has 2 aliphatic heterocycles. The molecule has 2 aromatic rings. The number of likely N-dealkylation sites (N-methyl/N-ethyl adjacent to an activating group) is 1. The summed E-state index contributed by atoms with van der Waals surface area (Å²) in [5, 5.41) is 3.07. The first-order chi connectivity index (χ1) is 11.1. The van der Waals surface area contributed by atoms with Crippen molar-refractivity contribution in [2.45, 2.75) is 18.3 Å². The van der Waals surface area contributed by atoms with Crippen LogP contribution in [0, 0.1) is 0 Å². The zero-order chi connectivity index (χ0) is 15.8. The number of pyridine rings is 1. The molecular formula is C17H18N4O2. The van der Waals surface area contributed by atoms with Crippen LogP contribution in [-0.4, -0.2) is 47.5 Å². The second-order valence-electron chi connectivity index (χ2n) is 7.10. The highest BCUT2D eigenvalue weighted by Gasteiger charge is 2.50. The molecule has 0 atom stereocenters. The molecule has 1 fully saturated rings. The van der Waals surface area contributed by atoms with Gasteiger partial charge in [0, 0.05) is 43.2 Å². The minimum atomic E-state index is -0.105. The third-order valence-corrected chi connectivity index (χ3v) is 5.52. The van der Waals surface area contributed by atoms with Crippen molar-refractivity contribution in [3.63, 3.8) is 0 Å². The molecule has 6 heteroatoms. The number of carbonyl (C=O) groups excluding carboxylic acids is 1. The van der Waals surface area contributed by atoms with Gasteiger partial charge in [-0.2, -0.15) is 0 Å². The monoisotopic (exact) mass is 310 g/mol. The fraction of sp³-hybridized carbons (Fsp3) is 0.412. The summed E-state index contributed by atoms with van der Waals surface area (Å²) in [5.41, 5.74) is 5.90. The molecule has 1 amide bonds. The Morgan fingerprint density at radius 2 is 2.04 bits per heavy atom. The third kappa shape index (κ3) is 1.61. The van der Waals surface area contributed by atoms with Crippen molar-refractivity contribution in [1.29, 1.82) is 0 Å². The normalized spacial score (nSPS) is 21.2. The summed E-state index contributed by atoms with van der Waals surface area (Å²) in [6.45, 7) is 2.58. The highest BCUT2D eigenvalue weighted by Crippen LogP contribution is 2.43. The fourth-order valence-electron chi connectivity index (χ4n) is 4.55. The van der Waals surface area contributed by atoms with Crippen LogP contribution in [0.2, 0.25) is 0 Å². The van der Waals surface area contributed by atoms with Crippen molar-refractivity contribution >= 4 is 5.91 Å². The number of hydrogen-bond donors (Lipinski definition) is 3. The molecule has 0 bridgehead atoms. The molecule has 4 heterocycles. The van der Waals surface area contributed by atoms with Crippen LogP contribution in [0.4, 0.5) is 0 Å². The van der Waals surface area contributed by atoms with E-state index in [0.717, 1.165) is 59.6 Å². The number of amides is 1. The lowest BCUT2D eigenvalue weighted by Crippen LogP contribution is -2.65. The third-order valence-electron chi connectivity index (χ3n) is 5.52. The van der Waals surface area contributed by atoms with Crippen molar-refractivity contribution in [3.05, 3.63) is 45.0 Å². The predicted octanol–water partition coefficient (Wildman–Crippen LogP) is 0.395. The van der Waals surface area contributed by atoms with Crippen LogP contribution in [0.3, 0.4) is 0 Å². The van der Waals surface area contributed by atoms with Gasteiger partial charge in [0.2, 0.25) is 5.56 Å². The van der Waals surface area contributed by atoms with Gasteiger partial charge in [-0.25, -0.2) is 0 Å². The molecule has 3 aliphatic rings. The zero-order valence-corrected chi connectivity index (χ0v) is 13.0. The summed E-state index contributed by atoms with van der Waals surface area (Å²) >= 11 is 0. The number of aromatic amines is 2. The topological polar surface area (TPSA) is 81.0 Å². The number of fused-ring (bicyclic) bond motifs is 6. The van der Waals surface area contributed by atoms with Crippen LogP contribution in [0.5, 0.6) is 0 Å². The molecule has 5 rings (SSSR count). The number of likely N-dealkylation sites (tertiary alicyclic amines) is 1. The van der Waals surface area contributed by atoms with E-state index in [2.05, 4.69) is 27.2 Å². The van der Waals surface area contributed by atoms with E-state index in [9.17, 15) is 9.59 Å². The number of hydrogen-bond acceptors (Lipinski definition) is 3. The molecule has 6 nitrogen and oxygen atoms in total. The minimum Gasteiger partial charge on any atom is -0.357 e. The highest BCUT2D eigenvalue weighted by molar-refractivity contribution is 6.01. The van der Waals surface area contributed by atoms with Gasteiger partial charge in [-0.15, -0.1) is 0 Å². The van der Waals surface area contributed by atoms with Crippen LogP contribution in [0.1, 0.15) is 27.2 Å². The first-order valence-corrected chi connectivity index (χ1v) is 8.01. The first kappa shape index (κ1) is 13.1. The molecule has 0 saturated carbocycles. The van der Waals surface area contributed by atoms with E-state index >= 15 is 0 Å². The standard InChI is InChI=1S/C17H18N4O2/c1-21-7-17(8-21)6-19-16(23)13-10-3-2-9-5-18-12(22)4-11(9)14(10)20-15(13)17/h4-5,20H,2-3,6-8H2,1H3,(H,18,22)(H,19,23). The van der Waals surface area contributed by atoms with E-state index in [0.29, 0.717) is 6.54 Å².